The molecule has 0 saturated heterocycles. The molecular formula is C25H28FN5O2S. The highest BCUT2D eigenvalue weighted by molar-refractivity contribution is 7.20. The van der Waals surface area contributed by atoms with Crippen LogP contribution in [-0.2, 0) is 0 Å². The fourth-order valence-electron chi connectivity index (χ4n) is 3.93. The summed E-state index contributed by atoms with van der Waals surface area (Å²) in [6.07, 6.45) is 2.74. The first-order chi connectivity index (χ1) is 16.4. The van der Waals surface area contributed by atoms with Crippen molar-refractivity contribution in [3.63, 3.8) is 0 Å². The first-order valence-electron chi connectivity index (χ1n) is 11.4. The number of aromatic nitrogens is 2. The number of rotatable bonds is 9. The number of fused-ring (bicyclic) bond motifs is 3. The maximum Gasteiger partial charge on any atom is 0.251 e. The van der Waals surface area contributed by atoms with Gasteiger partial charge in [0.1, 0.15) is 5.82 Å². The Kier molecular flexibility index (Phi) is 7.23. The third kappa shape index (κ3) is 4.80. The van der Waals surface area contributed by atoms with Crippen LogP contribution in [0.15, 0.2) is 42.6 Å². The molecule has 0 unspecified atom stereocenters. The highest BCUT2D eigenvalue weighted by Crippen LogP contribution is 2.33. The molecule has 2 N–H and O–H groups in total. The third-order valence-electron chi connectivity index (χ3n) is 5.92. The largest absolute Gasteiger partial charge is 0.355 e. The van der Waals surface area contributed by atoms with E-state index in [9.17, 15) is 14.0 Å². The Balaban J connectivity index is 1.51. The maximum absolute atomic E-state index is 14.7. The zero-order chi connectivity index (χ0) is 24.2. The lowest BCUT2D eigenvalue weighted by atomic mass is 10.1. The summed E-state index contributed by atoms with van der Waals surface area (Å²) in [4.78, 5) is 32.7. The minimum atomic E-state index is -0.463. The molecule has 2 heterocycles. The van der Waals surface area contributed by atoms with Crippen LogP contribution in [0.3, 0.4) is 0 Å². The van der Waals surface area contributed by atoms with E-state index in [-0.39, 0.29) is 17.4 Å². The van der Waals surface area contributed by atoms with E-state index in [2.05, 4.69) is 34.4 Å². The highest BCUT2D eigenvalue weighted by Gasteiger charge is 2.16. The van der Waals surface area contributed by atoms with Gasteiger partial charge in [-0.05, 0) is 62.5 Å². The predicted octanol–water partition coefficient (Wildman–Crippen LogP) is 4.18. The topological polar surface area (TPSA) is 78.7 Å². The molecule has 0 saturated carbocycles. The normalized spacial score (nSPS) is 11.4. The maximum atomic E-state index is 14.7. The third-order valence-corrected chi connectivity index (χ3v) is 6.94. The number of benzene rings is 2. The van der Waals surface area contributed by atoms with E-state index in [1.807, 2.05) is 16.7 Å². The first-order valence-corrected chi connectivity index (χ1v) is 12.2. The van der Waals surface area contributed by atoms with Crippen molar-refractivity contribution in [3.8, 4) is 10.4 Å². The van der Waals surface area contributed by atoms with Crippen LogP contribution in [0.1, 0.15) is 41.0 Å². The number of halogens is 1. The van der Waals surface area contributed by atoms with Gasteiger partial charge in [-0.15, -0.1) is 0 Å². The predicted molar refractivity (Wildman–Crippen MR) is 134 cm³/mol. The van der Waals surface area contributed by atoms with E-state index in [1.54, 1.807) is 24.3 Å². The van der Waals surface area contributed by atoms with Gasteiger partial charge in [-0.1, -0.05) is 25.2 Å². The number of hydrogen-bond acceptors (Lipinski definition) is 5. The van der Waals surface area contributed by atoms with Crippen LogP contribution in [0.25, 0.3) is 26.4 Å². The Hall–Kier alpha value is -3.30. The second-order valence-electron chi connectivity index (χ2n) is 7.97. The zero-order valence-corrected chi connectivity index (χ0v) is 20.3. The van der Waals surface area contributed by atoms with Crippen LogP contribution >= 0.6 is 11.3 Å². The summed E-state index contributed by atoms with van der Waals surface area (Å²) in [5.41, 5.74) is 2.81. The summed E-state index contributed by atoms with van der Waals surface area (Å²) in [6, 6.07) is 9.88. The molecule has 0 fully saturated rings. The molecule has 7 nitrogen and oxygen atoms in total. The molecule has 0 radical (unpaired) electrons. The molecule has 0 aliphatic carbocycles. The van der Waals surface area contributed by atoms with Crippen molar-refractivity contribution in [1.82, 2.24) is 24.9 Å². The summed E-state index contributed by atoms with van der Waals surface area (Å²) < 4.78 is 16.6. The molecule has 0 spiro atoms. The molecule has 34 heavy (non-hydrogen) atoms. The lowest BCUT2D eigenvalue weighted by molar-refractivity contribution is 0.0947. The average Bonchev–Trinajstić information content (AvgIpc) is 3.40. The molecule has 2 amide bonds. The van der Waals surface area contributed by atoms with Crippen LogP contribution in [0.5, 0.6) is 0 Å². The lowest BCUT2D eigenvalue weighted by Gasteiger charge is -2.17. The first kappa shape index (κ1) is 23.8. The molecule has 178 valence electrons. The fraction of sp³-hybridized carbons (Fsp3) is 0.320. The lowest BCUT2D eigenvalue weighted by Crippen LogP contribution is -2.29. The summed E-state index contributed by atoms with van der Waals surface area (Å²) >= 11 is 1.35. The van der Waals surface area contributed by atoms with Gasteiger partial charge in [0.05, 0.1) is 15.9 Å². The Morgan fingerprint density at radius 2 is 1.82 bits per heavy atom. The molecule has 2 aromatic heterocycles. The Morgan fingerprint density at radius 3 is 2.53 bits per heavy atom. The summed E-state index contributed by atoms with van der Waals surface area (Å²) in [7, 11) is 1.51. The standard InChI is InChI=1S/C25H28FN5O2S/c1-4-30(5-2)12-6-11-28-24(33)17-8-10-21-20(14-17)29-25-31(21)15-22(34-25)18-9-7-16(13-19(18)26)23(32)27-3/h7-10,13-15H,4-6,11-12H2,1-3H3,(H,27,32)(H,28,33). The number of nitrogens with one attached hydrogen (secondary N) is 2. The van der Waals surface area contributed by atoms with E-state index < -0.39 is 5.82 Å². The van der Waals surface area contributed by atoms with Crippen molar-refractivity contribution in [3.05, 3.63) is 59.5 Å². The second-order valence-corrected chi connectivity index (χ2v) is 8.98. The van der Waals surface area contributed by atoms with Gasteiger partial charge in [-0.3, -0.25) is 14.0 Å². The molecular weight excluding hydrogens is 453 g/mol. The molecule has 2 aromatic carbocycles. The molecule has 9 heteroatoms. The van der Waals surface area contributed by atoms with Crippen LogP contribution in [-0.4, -0.2) is 59.3 Å². The molecule has 0 bridgehead atoms. The van der Waals surface area contributed by atoms with Gasteiger partial charge < -0.3 is 15.5 Å². The average molecular weight is 482 g/mol. The molecule has 0 aliphatic rings. The number of carbonyl (C=O) groups excluding carboxylic acids is 2. The van der Waals surface area contributed by atoms with Gasteiger partial charge in [0.15, 0.2) is 4.96 Å². The van der Waals surface area contributed by atoms with Gasteiger partial charge in [-0.25, -0.2) is 9.37 Å². The number of nitrogens with zero attached hydrogens (tertiary/aromatic N) is 3. The van der Waals surface area contributed by atoms with Crippen molar-refractivity contribution in [1.29, 1.82) is 0 Å². The number of thiazole rings is 1. The zero-order valence-electron chi connectivity index (χ0n) is 19.5. The van der Waals surface area contributed by atoms with Crippen molar-refractivity contribution in [2.24, 2.45) is 0 Å². The molecule has 0 atom stereocenters. The minimum Gasteiger partial charge on any atom is -0.355 e. The van der Waals surface area contributed by atoms with Crippen LogP contribution in [0.4, 0.5) is 4.39 Å². The van der Waals surface area contributed by atoms with Gasteiger partial charge in [0.25, 0.3) is 11.8 Å². The Morgan fingerprint density at radius 1 is 1.09 bits per heavy atom. The van der Waals surface area contributed by atoms with Crippen molar-refractivity contribution in [2.45, 2.75) is 20.3 Å². The van der Waals surface area contributed by atoms with Gasteiger partial charge in [0, 0.05) is 36.5 Å². The highest BCUT2D eigenvalue weighted by atomic mass is 32.1. The minimum absolute atomic E-state index is 0.114. The molecule has 4 aromatic rings. The van der Waals surface area contributed by atoms with Crippen molar-refractivity contribution >= 4 is 39.1 Å². The van der Waals surface area contributed by atoms with E-state index in [0.717, 1.165) is 31.6 Å². The molecule has 4 rings (SSSR count). The van der Waals surface area contributed by atoms with Gasteiger partial charge >= 0.3 is 0 Å². The summed E-state index contributed by atoms with van der Waals surface area (Å²) in [5, 5.41) is 5.47. The number of carbonyl (C=O) groups is 2. The quantitative estimate of drug-likeness (QED) is 0.352. The Bertz CT molecular complexity index is 1340. The van der Waals surface area contributed by atoms with Crippen LogP contribution in [0.2, 0.25) is 0 Å². The smallest absolute Gasteiger partial charge is 0.251 e. The van der Waals surface area contributed by atoms with Gasteiger partial charge in [0.2, 0.25) is 0 Å². The van der Waals surface area contributed by atoms with E-state index in [0.29, 0.717) is 33.0 Å². The number of amides is 2. The van der Waals surface area contributed by atoms with Crippen molar-refractivity contribution < 1.29 is 14.0 Å². The summed E-state index contributed by atoms with van der Waals surface area (Å²) in [5.74, 6) is -0.909. The second kappa shape index (κ2) is 10.3. The monoisotopic (exact) mass is 481 g/mol. The van der Waals surface area contributed by atoms with E-state index in [1.165, 1.54) is 24.5 Å². The van der Waals surface area contributed by atoms with E-state index >= 15 is 0 Å². The number of imidazole rings is 1. The molecule has 0 aliphatic heterocycles. The Labute approximate surface area is 201 Å². The SMILES string of the molecule is CCN(CC)CCCNC(=O)c1ccc2c(c1)nc1sc(-c3ccc(C(=O)NC)cc3F)cn12. The fourth-order valence-corrected chi connectivity index (χ4v) is 4.95. The van der Waals surface area contributed by atoms with Crippen molar-refractivity contribution in [2.75, 3.05) is 33.2 Å². The van der Waals surface area contributed by atoms with E-state index in [4.69, 9.17) is 0 Å². The van der Waals surface area contributed by atoms with Gasteiger partial charge in [-0.2, -0.15) is 0 Å². The van der Waals surface area contributed by atoms with Crippen LogP contribution in [0, 0.1) is 5.82 Å². The number of hydrogen-bond donors (Lipinski definition) is 2. The van der Waals surface area contributed by atoms with Crippen LogP contribution < -0.4 is 10.6 Å². The summed E-state index contributed by atoms with van der Waals surface area (Å²) in [6.45, 7) is 7.87.